The largest absolute Gasteiger partial charge is 0.493 e. The van der Waals surface area contributed by atoms with Crippen LogP contribution in [0, 0.1) is 11.3 Å². The van der Waals surface area contributed by atoms with E-state index in [1.54, 1.807) is 27.4 Å². The number of ketones is 1. The van der Waals surface area contributed by atoms with Crippen molar-refractivity contribution < 1.29 is 19.0 Å². The molecule has 2 aliphatic carbocycles. The minimum Gasteiger partial charge on any atom is -0.493 e. The second-order valence-electron chi connectivity index (χ2n) is 8.56. The van der Waals surface area contributed by atoms with E-state index in [0.717, 1.165) is 40.7 Å². The van der Waals surface area contributed by atoms with Crippen molar-refractivity contribution in [3.8, 4) is 17.2 Å². The Bertz CT molecular complexity index is 1350. The molecule has 1 saturated carbocycles. The van der Waals surface area contributed by atoms with Gasteiger partial charge in [0.2, 0.25) is 5.75 Å². The Morgan fingerprint density at radius 1 is 1.12 bits per heavy atom. The number of amidine groups is 1. The van der Waals surface area contributed by atoms with Gasteiger partial charge >= 0.3 is 0 Å². The van der Waals surface area contributed by atoms with Gasteiger partial charge in [-0.2, -0.15) is 0 Å². The molecular formula is C25H23N3O4. The first-order valence-electron chi connectivity index (χ1n) is 10.6. The number of carbonyl (C=O) groups is 1. The van der Waals surface area contributed by atoms with E-state index in [-0.39, 0.29) is 11.2 Å². The van der Waals surface area contributed by atoms with Gasteiger partial charge in [0.25, 0.3) is 0 Å². The van der Waals surface area contributed by atoms with Gasteiger partial charge in [-0.1, -0.05) is 24.3 Å². The number of methoxy groups -OCH3 is 3. The fourth-order valence-corrected chi connectivity index (χ4v) is 5.62. The highest BCUT2D eigenvalue weighted by molar-refractivity contribution is 6.10. The minimum atomic E-state index is -0.132. The Balaban J connectivity index is 1.43. The van der Waals surface area contributed by atoms with Crippen molar-refractivity contribution in [3.05, 3.63) is 65.0 Å². The standard InChI is InChI=1S/C25H23N3O4/c1-30-19-9-13-8-17(27-21(13)23(32-3)22(19)31-2)24(26)28-12-14-11-25(14)16-7-5-4-6-15(16)18(29)10-20(25)28/h4-10,14,26-27H,11-12H2,1-3H3/t14-,25-/m1/s1. The summed E-state index contributed by atoms with van der Waals surface area (Å²) in [5.41, 5.74) is 4.10. The number of nitrogens with one attached hydrogen (secondary N) is 2. The van der Waals surface area contributed by atoms with Crippen molar-refractivity contribution in [2.45, 2.75) is 11.8 Å². The number of aromatic amines is 1. The SMILES string of the molecule is COc1cc2cc(C(=N)N3C[C@H]4C[C@@]45C3=CC(=O)c3ccccc35)[nH]c2c(OC)c1OC. The van der Waals surface area contributed by atoms with E-state index in [9.17, 15) is 4.79 Å². The molecule has 3 aromatic rings. The summed E-state index contributed by atoms with van der Waals surface area (Å²) < 4.78 is 16.5. The third-order valence-corrected chi connectivity index (χ3v) is 7.14. The summed E-state index contributed by atoms with van der Waals surface area (Å²) in [4.78, 5) is 18.1. The number of allylic oxidation sites excluding steroid dienone is 2. The molecule has 162 valence electrons. The second-order valence-corrected chi connectivity index (χ2v) is 8.56. The zero-order valence-corrected chi connectivity index (χ0v) is 18.1. The Morgan fingerprint density at radius 2 is 1.91 bits per heavy atom. The van der Waals surface area contributed by atoms with Gasteiger partial charge in [0.1, 0.15) is 5.84 Å². The highest BCUT2D eigenvalue weighted by Gasteiger charge is 2.66. The van der Waals surface area contributed by atoms with Gasteiger partial charge in [0.05, 0.1) is 32.5 Å². The lowest BCUT2D eigenvalue weighted by atomic mass is 9.81. The van der Waals surface area contributed by atoms with Crippen LogP contribution in [0.5, 0.6) is 17.2 Å². The molecule has 1 aromatic heterocycles. The summed E-state index contributed by atoms with van der Waals surface area (Å²) in [7, 11) is 4.73. The molecule has 32 heavy (non-hydrogen) atoms. The lowest BCUT2D eigenvalue weighted by Gasteiger charge is -2.30. The fraction of sp³-hybridized carbons (Fsp3) is 0.280. The number of rotatable bonds is 4. The number of ether oxygens (including phenoxy) is 3. The third kappa shape index (κ3) is 2.25. The normalized spacial score (nSPS) is 22.7. The summed E-state index contributed by atoms with van der Waals surface area (Å²) in [6.07, 6.45) is 2.76. The Morgan fingerprint density at radius 3 is 2.66 bits per heavy atom. The Kier molecular flexibility index (Phi) is 3.79. The van der Waals surface area contributed by atoms with Crippen LogP contribution in [0.15, 0.2) is 48.2 Å². The van der Waals surface area contributed by atoms with Crippen molar-refractivity contribution in [3.63, 3.8) is 0 Å². The van der Waals surface area contributed by atoms with Crippen LogP contribution < -0.4 is 14.2 Å². The second kappa shape index (κ2) is 6.38. The molecule has 3 aliphatic rings. The first-order valence-corrected chi connectivity index (χ1v) is 10.6. The molecule has 7 heteroatoms. The Labute approximate surface area is 185 Å². The van der Waals surface area contributed by atoms with Gasteiger partial charge in [-0.25, -0.2) is 0 Å². The van der Waals surface area contributed by atoms with Crippen molar-refractivity contribution in [2.24, 2.45) is 5.92 Å². The number of fused-ring (bicyclic) bond motifs is 2. The first kappa shape index (κ1) is 19.0. The van der Waals surface area contributed by atoms with E-state index in [1.165, 1.54) is 0 Å². The van der Waals surface area contributed by atoms with Gasteiger partial charge in [-0.05, 0) is 30.0 Å². The fourth-order valence-electron chi connectivity index (χ4n) is 5.62. The number of hydrogen-bond acceptors (Lipinski definition) is 5. The van der Waals surface area contributed by atoms with Crippen LogP contribution in [0.2, 0.25) is 0 Å². The van der Waals surface area contributed by atoms with Crippen LogP contribution in [-0.4, -0.2) is 49.4 Å². The van der Waals surface area contributed by atoms with Gasteiger partial charge in [-0.3, -0.25) is 10.2 Å². The number of nitrogens with zero attached hydrogens (tertiary/aromatic N) is 1. The molecule has 2 N–H and O–H groups in total. The highest BCUT2D eigenvalue weighted by atomic mass is 16.5. The van der Waals surface area contributed by atoms with Gasteiger partial charge in [0, 0.05) is 34.7 Å². The number of carbonyl (C=O) groups excluding carboxylic acids is 1. The molecule has 1 spiro atoms. The predicted octanol–water partition coefficient (Wildman–Crippen LogP) is 3.87. The van der Waals surface area contributed by atoms with Crippen molar-refractivity contribution in [1.82, 2.24) is 9.88 Å². The molecule has 2 atom stereocenters. The molecular weight excluding hydrogens is 406 g/mol. The number of H-pyrrole nitrogens is 1. The van der Waals surface area contributed by atoms with Crippen molar-refractivity contribution >= 4 is 22.5 Å². The van der Waals surface area contributed by atoms with Crippen LogP contribution in [-0.2, 0) is 5.41 Å². The predicted molar refractivity (Wildman–Crippen MR) is 120 cm³/mol. The molecule has 0 radical (unpaired) electrons. The molecule has 2 fully saturated rings. The first-order chi connectivity index (χ1) is 15.5. The van der Waals surface area contributed by atoms with Crippen LogP contribution in [0.3, 0.4) is 0 Å². The van der Waals surface area contributed by atoms with Gasteiger partial charge in [0.15, 0.2) is 17.3 Å². The van der Waals surface area contributed by atoms with Crippen molar-refractivity contribution in [2.75, 3.05) is 27.9 Å². The van der Waals surface area contributed by atoms with E-state index in [0.29, 0.717) is 34.7 Å². The highest BCUT2D eigenvalue weighted by Crippen LogP contribution is 2.66. The number of hydrogen-bond donors (Lipinski definition) is 2. The average molecular weight is 429 g/mol. The van der Waals surface area contributed by atoms with E-state index < -0.39 is 0 Å². The molecule has 7 nitrogen and oxygen atoms in total. The smallest absolute Gasteiger partial charge is 0.205 e. The Hall–Kier alpha value is -3.74. The molecule has 6 rings (SSSR count). The van der Waals surface area contributed by atoms with E-state index in [1.807, 2.05) is 35.2 Å². The lowest BCUT2D eigenvalue weighted by Crippen LogP contribution is -2.33. The molecule has 0 bridgehead atoms. The zero-order chi connectivity index (χ0) is 22.2. The molecule has 0 unspecified atom stereocenters. The van der Waals surface area contributed by atoms with E-state index in [2.05, 4.69) is 11.1 Å². The van der Waals surface area contributed by atoms with Crippen LogP contribution in [0.25, 0.3) is 10.9 Å². The van der Waals surface area contributed by atoms with E-state index in [4.69, 9.17) is 19.6 Å². The molecule has 2 aromatic carbocycles. The molecule has 1 saturated heterocycles. The summed E-state index contributed by atoms with van der Waals surface area (Å²) in [5, 5.41) is 9.86. The molecule has 2 heterocycles. The number of piperidine rings is 1. The third-order valence-electron chi connectivity index (χ3n) is 7.14. The summed E-state index contributed by atoms with van der Waals surface area (Å²) >= 11 is 0. The summed E-state index contributed by atoms with van der Waals surface area (Å²) in [6, 6.07) is 11.7. The van der Waals surface area contributed by atoms with Crippen LogP contribution >= 0.6 is 0 Å². The maximum Gasteiger partial charge on any atom is 0.205 e. The molecule has 1 aliphatic heterocycles. The quantitative estimate of drug-likeness (QED) is 0.486. The van der Waals surface area contributed by atoms with Gasteiger partial charge in [-0.15, -0.1) is 0 Å². The topological polar surface area (TPSA) is 87.6 Å². The number of aromatic nitrogens is 1. The zero-order valence-electron chi connectivity index (χ0n) is 18.1. The number of benzene rings is 2. The monoisotopic (exact) mass is 429 g/mol. The van der Waals surface area contributed by atoms with E-state index >= 15 is 0 Å². The molecule has 0 amide bonds. The van der Waals surface area contributed by atoms with Crippen LogP contribution in [0.4, 0.5) is 0 Å². The van der Waals surface area contributed by atoms with Crippen LogP contribution in [0.1, 0.15) is 28.0 Å². The lowest BCUT2D eigenvalue weighted by molar-refractivity contribution is 0.104. The maximum atomic E-state index is 12.8. The maximum absolute atomic E-state index is 12.8. The summed E-state index contributed by atoms with van der Waals surface area (Å²) in [6.45, 7) is 0.728. The van der Waals surface area contributed by atoms with Gasteiger partial charge < -0.3 is 24.1 Å². The van der Waals surface area contributed by atoms with Crippen molar-refractivity contribution in [1.29, 1.82) is 5.41 Å². The minimum absolute atomic E-state index is 0.0133. The number of likely N-dealkylation sites (tertiary alicyclic amines) is 1. The summed E-state index contributed by atoms with van der Waals surface area (Å²) in [5.74, 6) is 2.36. The average Bonchev–Trinajstić information content (AvgIpc) is 3.20.